The van der Waals surface area contributed by atoms with E-state index < -0.39 is 17.7 Å². The Balaban J connectivity index is 1.39. The summed E-state index contributed by atoms with van der Waals surface area (Å²) in [4.78, 5) is 29.0. The van der Waals surface area contributed by atoms with Gasteiger partial charge in [0.1, 0.15) is 5.76 Å². The topological polar surface area (TPSA) is 102 Å². The molecule has 0 bridgehead atoms. The monoisotopic (exact) mass is 679 g/mol. The minimum absolute atomic E-state index is 0.0237. The minimum atomic E-state index is -0.979. The van der Waals surface area contributed by atoms with Gasteiger partial charge >= 0.3 is 5.91 Å². The third-order valence-corrected chi connectivity index (χ3v) is 10.5. The van der Waals surface area contributed by atoms with Crippen LogP contribution < -0.4 is 14.4 Å². The molecule has 1 amide bonds. The van der Waals surface area contributed by atoms with Crippen LogP contribution in [0.15, 0.2) is 88.8 Å². The molecule has 1 aromatic heterocycles. The number of nitrogens with zero attached hydrogens (tertiary/aromatic N) is 3. The molecule has 0 aliphatic carbocycles. The smallest absolute Gasteiger partial charge is 0.301 e. The predicted molar refractivity (Wildman–Crippen MR) is 192 cm³/mol. The van der Waals surface area contributed by atoms with Crippen molar-refractivity contribution in [2.75, 3.05) is 18.6 Å². The van der Waals surface area contributed by atoms with Crippen LogP contribution in [0.5, 0.6) is 11.5 Å². The number of thioether (sulfide) groups is 1. The summed E-state index contributed by atoms with van der Waals surface area (Å²) in [6.45, 7) is 8.54. The van der Waals surface area contributed by atoms with Gasteiger partial charge in [0.15, 0.2) is 15.8 Å². The number of aryl methyl sites for hydroxylation is 2. The molecule has 1 fully saturated rings. The molecule has 1 aliphatic rings. The molecule has 4 aromatic carbocycles. The number of aliphatic hydroxyl groups excluding tert-OH is 1. The fraction of sp³-hybridized carbons (Fsp3) is 0.263. The molecule has 1 N–H and O–H groups in total. The normalized spacial score (nSPS) is 15.9. The standard InChI is InChI=1S/C38H37N3O5S2/c1-22(2)17-18-46-30-16-15-26(20-31(30)45-5)33-32(34(42)29-19-23(3)13-14-24(29)4)35(43)36(44)41(33)37-39-40-38(48-37)47-21-27-11-8-10-25-9-6-7-12-28(25)27/h6-16,19-20,22,33,42H,17-18,21H2,1-5H3/b34-32+. The lowest BCUT2D eigenvalue weighted by molar-refractivity contribution is -0.132. The van der Waals surface area contributed by atoms with Crippen molar-refractivity contribution >= 4 is 56.5 Å². The van der Waals surface area contributed by atoms with Gasteiger partial charge < -0.3 is 14.6 Å². The van der Waals surface area contributed by atoms with E-state index in [-0.39, 0.29) is 16.5 Å². The van der Waals surface area contributed by atoms with Crippen LogP contribution in [0.3, 0.4) is 0 Å². The zero-order valence-electron chi connectivity index (χ0n) is 27.5. The Morgan fingerprint density at radius 3 is 2.56 bits per heavy atom. The van der Waals surface area contributed by atoms with Crippen LogP contribution in [-0.4, -0.2) is 40.7 Å². The van der Waals surface area contributed by atoms with Gasteiger partial charge in [0.05, 0.1) is 25.3 Å². The van der Waals surface area contributed by atoms with Crippen LogP contribution in [0.4, 0.5) is 5.13 Å². The highest BCUT2D eigenvalue weighted by Gasteiger charge is 2.48. The van der Waals surface area contributed by atoms with E-state index in [9.17, 15) is 14.7 Å². The van der Waals surface area contributed by atoms with Crippen molar-refractivity contribution < 1.29 is 24.2 Å². The van der Waals surface area contributed by atoms with Crippen molar-refractivity contribution in [2.45, 2.75) is 50.3 Å². The second-order valence-electron chi connectivity index (χ2n) is 12.2. The van der Waals surface area contributed by atoms with Gasteiger partial charge in [-0.25, -0.2) is 0 Å². The number of fused-ring (bicyclic) bond motifs is 1. The highest BCUT2D eigenvalue weighted by Crippen LogP contribution is 2.46. The summed E-state index contributed by atoms with van der Waals surface area (Å²) in [6, 6.07) is 24.4. The maximum Gasteiger partial charge on any atom is 0.301 e. The summed E-state index contributed by atoms with van der Waals surface area (Å²) in [5.74, 6) is 0.309. The summed E-state index contributed by atoms with van der Waals surface area (Å²) >= 11 is 2.75. The number of carbonyl (C=O) groups is 2. The maximum absolute atomic E-state index is 13.9. The van der Waals surface area contributed by atoms with Gasteiger partial charge in [-0.2, -0.15) is 0 Å². The van der Waals surface area contributed by atoms with Crippen LogP contribution in [0.2, 0.25) is 0 Å². The lowest BCUT2D eigenvalue weighted by Crippen LogP contribution is -2.29. The summed E-state index contributed by atoms with van der Waals surface area (Å²) in [7, 11) is 1.55. The number of benzene rings is 4. The molecule has 1 unspecified atom stereocenters. The lowest BCUT2D eigenvalue weighted by atomic mass is 9.93. The summed E-state index contributed by atoms with van der Waals surface area (Å²) in [5, 5.41) is 23.1. The summed E-state index contributed by atoms with van der Waals surface area (Å²) in [6.07, 6.45) is 0.874. The van der Waals surface area contributed by atoms with Crippen LogP contribution in [0, 0.1) is 19.8 Å². The second-order valence-corrected chi connectivity index (χ2v) is 14.4. The molecular weight excluding hydrogens is 643 g/mol. The molecule has 5 aromatic rings. The molecule has 1 aliphatic heterocycles. The van der Waals surface area contributed by atoms with E-state index in [4.69, 9.17) is 9.47 Å². The highest BCUT2D eigenvalue weighted by molar-refractivity contribution is 8.00. The SMILES string of the molecule is COc1cc(C2/C(=C(\O)c3cc(C)ccc3C)C(=O)C(=O)N2c2nnc(SCc3cccc4ccccc34)s2)ccc1OCCC(C)C. The van der Waals surface area contributed by atoms with Crippen molar-refractivity contribution in [3.63, 3.8) is 0 Å². The van der Waals surface area contributed by atoms with Crippen molar-refractivity contribution in [3.8, 4) is 11.5 Å². The van der Waals surface area contributed by atoms with Crippen molar-refractivity contribution in [2.24, 2.45) is 5.92 Å². The third kappa shape index (κ3) is 6.68. The Morgan fingerprint density at radius 2 is 1.77 bits per heavy atom. The zero-order chi connectivity index (χ0) is 33.9. The molecule has 10 heteroatoms. The Kier molecular flexibility index (Phi) is 9.84. The predicted octanol–water partition coefficient (Wildman–Crippen LogP) is 8.66. The number of amides is 1. The van der Waals surface area contributed by atoms with E-state index in [1.807, 2.05) is 50.2 Å². The van der Waals surface area contributed by atoms with Crippen LogP contribution in [-0.2, 0) is 15.3 Å². The Bertz CT molecular complexity index is 2030. The van der Waals surface area contributed by atoms with E-state index in [0.717, 1.165) is 28.5 Å². The van der Waals surface area contributed by atoms with Crippen LogP contribution >= 0.6 is 23.1 Å². The van der Waals surface area contributed by atoms with E-state index >= 15 is 0 Å². The summed E-state index contributed by atoms with van der Waals surface area (Å²) in [5.41, 5.74) is 3.87. The molecule has 6 rings (SSSR count). The van der Waals surface area contributed by atoms with Gasteiger partial charge in [-0.1, -0.05) is 103 Å². The largest absolute Gasteiger partial charge is 0.507 e. The third-order valence-electron chi connectivity index (χ3n) is 8.38. The molecule has 48 heavy (non-hydrogen) atoms. The highest BCUT2D eigenvalue weighted by atomic mass is 32.2. The number of ketones is 1. The molecule has 8 nitrogen and oxygen atoms in total. The first kappa shape index (κ1) is 33.2. The van der Waals surface area contributed by atoms with Gasteiger partial charge in [0.2, 0.25) is 5.13 Å². The van der Waals surface area contributed by atoms with Gasteiger partial charge in [0, 0.05) is 11.3 Å². The maximum atomic E-state index is 13.9. The molecule has 0 spiro atoms. The van der Waals surface area contributed by atoms with Crippen LogP contribution in [0.1, 0.15) is 54.1 Å². The van der Waals surface area contributed by atoms with Crippen molar-refractivity contribution in [1.29, 1.82) is 0 Å². The average Bonchev–Trinajstić information content (AvgIpc) is 3.65. The number of carbonyl (C=O) groups excluding carboxylic acids is 2. The Hall–Kier alpha value is -4.67. The first-order valence-corrected chi connectivity index (χ1v) is 17.6. The van der Waals surface area contributed by atoms with Gasteiger partial charge in [-0.3, -0.25) is 14.5 Å². The number of anilines is 1. The van der Waals surface area contributed by atoms with E-state index in [2.05, 4.69) is 48.3 Å². The second kappa shape index (κ2) is 14.2. The number of aliphatic hydroxyl groups is 1. The molecule has 246 valence electrons. The van der Waals surface area contributed by atoms with Gasteiger partial charge in [0.25, 0.3) is 5.78 Å². The van der Waals surface area contributed by atoms with Crippen molar-refractivity contribution in [3.05, 3.63) is 112 Å². The average molecular weight is 680 g/mol. The van der Waals surface area contributed by atoms with Gasteiger partial charge in [-0.05, 0) is 71.8 Å². The number of Topliss-reactive ketones (excluding diaryl/α,β-unsaturated/α-hetero) is 1. The molecule has 0 radical (unpaired) electrons. The summed E-state index contributed by atoms with van der Waals surface area (Å²) < 4.78 is 12.4. The number of ether oxygens (including phenoxy) is 2. The lowest BCUT2D eigenvalue weighted by Gasteiger charge is -2.24. The molecule has 1 saturated heterocycles. The zero-order valence-corrected chi connectivity index (χ0v) is 29.2. The number of aromatic nitrogens is 2. The van der Waals surface area contributed by atoms with Crippen LogP contribution in [0.25, 0.3) is 16.5 Å². The first-order valence-electron chi connectivity index (χ1n) is 15.8. The molecule has 1 atom stereocenters. The first-order chi connectivity index (χ1) is 23.2. The fourth-order valence-corrected chi connectivity index (χ4v) is 7.65. The van der Waals surface area contributed by atoms with E-state index in [1.165, 1.54) is 33.4 Å². The number of hydrogen-bond donors (Lipinski definition) is 1. The van der Waals surface area contributed by atoms with E-state index in [0.29, 0.717) is 45.2 Å². The fourth-order valence-electron chi connectivity index (χ4n) is 5.78. The molecule has 0 saturated carbocycles. The Morgan fingerprint density at radius 1 is 0.979 bits per heavy atom. The quantitative estimate of drug-likeness (QED) is 0.0487. The van der Waals surface area contributed by atoms with E-state index in [1.54, 1.807) is 25.3 Å². The van der Waals surface area contributed by atoms with Crippen molar-refractivity contribution in [1.82, 2.24) is 10.2 Å². The number of hydrogen-bond acceptors (Lipinski definition) is 9. The Labute approximate surface area is 288 Å². The minimum Gasteiger partial charge on any atom is -0.507 e. The molecular formula is C38H37N3O5S2. The van der Waals surface area contributed by atoms with Gasteiger partial charge in [-0.15, -0.1) is 10.2 Å². The number of methoxy groups -OCH3 is 1. The number of rotatable bonds is 11. The molecule has 2 heterocycles.